The third-order valence-electron chi connectivity index (χ3n) is 2.06. The molecule has 0 saturated heterocycles. The summed E-state index contributed by atoms with van der Waals surface area (Å²) in [7, 11) is 1.43. The number of phenolic OH excluding ortho intramolecular Hbond substituents is 1. The van der Waals surface area contributed by atoms with E-state index in [0.29, 0.717) is 5.69 Å². The number of nitrogens with zero attached hydrogens (tertiary/aromatic N) is 2. The first-order chi connectivity index (χ1) is 8.06. The highest BCUT2D eigenvalue weighted by molar-refractivity contribution is 6.40. The Morgan fingerprint density at radius 2 is 2.00 bits per heavy atom. The van der Waals surface area contributed by atoms with Gasteiger partial charge in [0.15, 0.2) is 0 Å². The molecular formula is C11H11N3O3. The summed E-state index contributed by atoms with van der Waals surface area (Å²) in [6.45, 7) is -0.214. The minimum absolute atomic E-state index is 0.0727. The van der Waals surface area contributed by atoms with Crippen LogP contribution in [0.25, 0.3) is 0 Å². The van der Waals surface area contributed by atoms with Gasteiger partial charge in [-0.3, -0.25) is 9.59 Å². The summed E-state index contributed by atoms with van der Waals surface area (Å²) in [5.74, 6) is -1.54. The zero-order valence-electron chi connectivity index (χ0n) is 9.17. The van der Waals surface area contributed by atoms with E-state index in [0.717, 1.165) is 4.90 Å². The second-order valence-corrected chi connectivity index (χ2v) is 3.22. The van der Waals surface area contributed by atoms with E-state index < -0.39 is 11.8 Å². The number of hydrogen-bond donors (Lipinski definition) is 2. The summed E-state index contributed by atoms with van der Waals surface area (Å²) in [6.07, 6.45) is 0. The number of nitrogens with one attached hydrogen (secondary N) is 1. The standard InChI is InChI=1S/C11H11N3O3/c1-14(8-2-4-9(15)5-3-8)11(17)10(16)13-7-6-12/h2-5,15H,7H2,1H3,(H,13,16). The summed E-state index contributed by atoms with van der Waals surface area (Å²) in [4.78, 5) is 24.0. The first-order valence-electron chi connectivity index (χ1n) is 4.78. The van der Waals surface area contributed by atoms with Gasteiger partial charge in [-0.05, 0) is 24.3 Å². The van der Waals surface area contributed by atoms with Crippen LogP contribution in [-0.4, -0.2) is 30.5 Å². The molecule has 1 rings (SSSR count). The zero-order chi connectivity index (χ0) is 12.8. The van der Waals surface area contributed by atoms with Crippen LogP contribution in [0.15, 0.2) is 24.3 Å². The molecule has 0 aromatic heterocycles. The third kappa shape index (κ3) is 3.21. The molecule has 0 atom stereocenters. The number of anilines is 1. The van der Waals surface area contributed by atoms with E-state index in [-0.39, 0.29) is 12.3 Å². The van der Waals surface area contributed by atoms with Crippen molar-refractivity contribution in [3.05, 3.63) is 24.3 Å². The number of hydrogen-bond acceptors (Lipinski definition) is 4. The molecule has 6 nitrogen and oxygen atoms in total. The van der Waals surface area contributed by atoms with Crippen molar-refractivity contribution in [3.63, 3.8) is 0 Å². The van der Waals surface area contributed by atoms with Crippen LogP contribution in [0.4, 0.5) is 5.69 Å². The van der Waals surface area contributed by atoms with E-state index in [9.17, 15) is 9.59 Å². The Morgan fingerprint density at radius 3 is 2.53 bits per heavy atom. The smallest absolute Gasteiger partial charge is 0.316 e. The first-order valence-corrected chi connectivity index (χ1v) is 4.78. The highest BCUT2D eigenvalue weighted by Crippen LogP contribution is 2.17. The van der Waals surface area contributed by atoms with E-state index in [4.69, 9.17) is 10.4 Å². The quantitative estimate of drug-likeness (QED) is 0.555. The number of carbonyl (C=O) groups is 2. The number of aromatic hydroxyl groups is 1. The number of carbonyl (C=O) groups excluding carboxylic acids is 2. The van der Waals surface area contributed by atoms with E-state index in [1.165, 1.54) is 31.3 Å². The van der Waals surface area contributed by atoms with Gasteiger partial charge in [-0.1, -0.05) is 0 Å². The van der Waals surface area contributed by atoms with E-state index in [1.807, 2.05) is 0 Å². The van der Waals surface area contributed by atoms with Crippen LogP contribution in [-0.2, 0) is 9.59 Å². The fraction of sp³-hybridized carbons (Fsp3) is 0.182. The minimum atomic E-state index is -0.845. The summed E-state index contributed by atoms with van der Waals surface area (Å²) in [5.41, 5.74) is 0.472. The molecule has 17 heavy (non-hydrogen) atoms. The minimum Gasteiger partial charge on any atom is -0.508 e. The molecule has 0 spiro atoms. The topological polar surface area (TPSA) is 93.4 Å². The average Bonchev–Trinajstić information content (AvgIpc) is 2.35. The van der Waals surface area contributed by atoms with Gasteiger partial charge in [-0.25, -0.2) is 0 Å². The maximum absolute atomic E-state index is 11.6. The maximum atomic E-state index is 11.6. The van der Waals surface area contributed by atoms with Gasteiger partial charge in [-0.2, -0.15) is 5.26 Å². The lowest BCUT2D eigenvalue weighted by Crippen LogP contribution is -2.41. The van der Waals surface area contributed by atoms with Gasteiger partial charge in [0.25, 0.3) is 0 Å². The summed E-state index contributed by atoms with van der Waals surface area (Å²) < 4.78 is 0. The second-order valence-electron chi connectivity index (χ2n) is 3.22. The van der Waals surface area contributed by atoms with Crippen LogP contribution in [0, 0.1) is 11.3 Å². The van der Waals surface area contributed by atoms with Crippen molar-refractivity contribution in [2.24, 2.45) is 0 Å². The largest absolute Gasteiger partial charge is 0.508 e. The molecule has 1 aromatic carbocycles. The summed E-state index contributed by atoms with van der Waals surface area (Å²) in [5, 5.41) is 19.5. The van der Waals surface area contributed by atoms with E-state index in [1.54, 1.807) is 6.07 Å². The normalized spacial score (nSPS) is 9.18. The van der Waals surface area contributed by atoms with Gasteiger partial charge in [-0.15, -0.1) is 0 Å². The molecule has 6 heteroatoms. The molecule has 88 valence electrons. The lowest BCUT2D eigenvalue weighted by molar-refractivity contribution is -0.137. The van der Waals surface area contributed by atoms with Gasteiger partial charge < -0.3 is 15.3 Å². The summed E-state index contributed by atoms with van der Waals surface area (Å²) >= 11 is 0. The van der Waals surface area contributed by atoms with Crippen LogP contribution < -0.4 is 10.2 Å². The highest BCUT2D eigenvalue weighted by atomic mass is 16.3. The molecule has 2 amide bonds. The van der Waals surface area contributed by atoms with Gasteiger partial charge in [0.05, 0.1) is 6.07 Å². The Hall–Kier alpha value is -2.55. The Kier molecular flexibility index (Phi) is 4.06. The fourth-order valence-corrected chi connectivity index (χ4v) is 1.14. The monoisotopic (exact) mass is 233 g/mol. The first kappa shape index (κ1) is 12.5. The van der Waals surface area contributed by atoms with Crippen LogP contribution in [0.5, 0.6) is 5.75 Å². The predicted molar refractivity (Wildman–Crippen MR) is 60.1 cm³/mol. The maximum Gasteiger partial charge on any atom is 0.316 e. The van der Waals surface area contributed by atoms with Crippen molar-refractivity contribution < 1.29 is 14.7 Å². The molecule has 0 fully saturated rings. The molecule has 2 N–H and O–H groups in total. The molecule has 0 aliphatic carbocycles. The Bertz CT molecular complexity index is 462. The molecule has 0 heterocycles. The van der Waals surface area contributed by atoms with Crippen LogP contribution in [0.3, 0.4) is 0 Å². The Labute approximate surface area is 98.1 Å². The molecular weight excluding hydrogens is 222 g/mol. The van der Waals surface area contributed by atoms with Crippen molar-refractivity contribution in [1.29, 1.82) is 5.26 Å². The van der Waals surface area contributed by atoms with Crippen molar-refractivity contribution >= 4 is 17.5 Å². The number of likely N-dealkylation sites (N-methyl/N-ethyl adjacent to an activating group) is 1. The van der Waals surface area contributed by atoms with Crippen molar-refractivity contribution in [2.75, 3.05) is 18.5 Å². The Balaban J connectivity index is 2.73. The molecule has 0 unspecified atom stereocenters. The number of phenols is 1. The van der Waals surface area contributed by atoms with Crippen LogP contribution in [0.1, 0.15) is 0 Å². The number of nitriles is 1. The summed E-state index contributed by atoms with van der Waals surface area (Å²) in [6, 6.07) is 7.53. The number of rotatable bonds is 2. The van der Waals surface area contributed by atoms with E-state index in [2.05, 4.69) is 5.32 Å². The van der Waals surface area contributed by atoms with Crippen LogP contribution >= 0.6 is 0 Å². The van der Waals surface area contributed by atoms with Crippen molar-refractivity contribution in [2.45, 2.75) is 0 Å². The predicted octanol–water partition coefficient (Wildman–Crippen LogP) is -0.00522. The van der Waals surface area contributed by atoms with Crippen LogP contribution in [0.2, 0.25) is 0 Å². The molecule has 0 aliphatic rings. The van der Waals surface area contributed by atoms with Crippen molar-refractivity contribution in [3.8, 4) is 11.8 Å². The number of benzene rings is 1. The molecule has 0 saturated carbocycles. The molecule has 0 bridgehead atoms. The fourth-order valence-electron chi connectivity index (χ4n) is 1.14. The second kappa shape index (κ2) is 5.51. The van der Waals surface area contributed by atoms with Gasteiger partial charge >= 0.3 is 11.8 Å². The Morgan fingerprint density at radius 1 is 1.41 bits per heavy atom. The van der Waals surface area contributed by atoms with Gasteiger partial charge in [0.1, 0.15) is 12.3 Å². The SMILES string of the molecule is CN(C(=O)C(=O)NCC#N)c1ccc(O)cc1. The zero-order valence-corrected chi connectivity index (χ0v) is 9.17. The molecule has 0 aliphatic heterocycles. The highest BCUT2D eigenvalue weighted by Gasteiger charge is 2.19. The molecule has 1 aromatic rings. The van der Waals surface area contributed by atoms with Gasteiger partial charge in [0, 0.05) is 12.7 Å². The third-order valence-corrected chi connectivity index (χ3v) is 2.06. The average molecular weight is 233 g/mol. The van der Waals surface area contributed by atoms with Crippen molar-refractivity contribution in [1.82, 2.24) is 5.32 Å². The lowest BCUT2D eigenvalue weighted by atomic mass is 10.3. The van der Waals surface area contributed by atoms with Gasteiger partial charge in [0.2, 0.25) is 0 Å². The number of amides is 2. The lowest BCUT2D eigenvalue weighted by Gasteiger charge is -2.16. The molecule has 0 radical (unpaired) electrons. The van der Waals surface area contributed by atoms with E-state index >= 15 is 0 Å².